The molecule has 0 aliphatic rings. The topological polar surface area (TPSA) is 77.1 Å². The summed E-state index contributed by atoms with van der Waals surface area (Å²) in [4.78, 5) is 23.4. The maximum atomic E-state index is 11.8. The van der Waals surface area contributed by atoms with E-state index in [1.165, 1.54) is 7.11 Å². The van der Waals surface area contributed by atoms with Crippen molar-refractivity contribution in [3.8, 4) is 0 Å². The van der Waals surface area contributed by atoms with Crippen LogP contribution in [0.1, 0.15) is 41.5 Å². The fraction of sp³-hybridized carbons (Fsp3) is 0.833. The van der Waals surface area contributed by atoms with Gasteiger partial charge in [-0.15, -0.1) is 0 Å². The third kappa shape index (κ3) is 9.12. The third-order valence-corrected chi connectivity index (χ3v) is 1.50. The van der Waals surface area contributed by atoms with Crippen LogP contribution in [0.4, 0.5) is 9.59 Å². The van der Waals surface area contributed by atoms with Crippen LogP contribution in [0.2, 0.25) is 0 Å². The molecule has 19 heavy (non-hydrogen) atoms. The Balaban J connectivity index is 4.57. The quantitative estimate of drug-likeness (QED) is 0.618. The Morgan fingerprint density at radius 1 is 1.00 bits per heavy atom. The van der Waals surface area contributed by atoms with Crippen LogP contribution in [0.3, 0.4) is 0 Å². The van der Waals surface area contributed by atoms with Crippen LogP contribution in [0.15, 0.2) is 0 Å². The molecule has 0 spiro atoms. The van der Waals surface area contributed by atoms with Crippen LogP contribution in [0.25, 0.3) is 0 Å². The van der Waals surface area contributed by atoms with Crippen molar-refractivity contribution in [3.05, 3.63) is 0 Å². The van der Waals surface area contributed by atoms with Gasteiger partial charge in [-0.25, -0.2) is 15.0 Å². The van der Waals surface area contributed by atoms with E-state index in [0.717, 1.165) is 5.01 Å². The summed E-state index contributed by atoms with van der Waals surface area (Å²) in [6.07, 6.45) is -1.48. The fourth-order valence-electron chi connectivity index (χ4n) is 0.988. The molecule has 0 saturated heterocycles. The Kier molecular flexibility index (Phi) is 6.08. The SMILES string of the molecule is COCN(NC(=O)OC(C)(C)C)C(=O)OC(C)(C)C. The second kappa shape index (κ2) is 6.60. The van der Waals surface area contributed by atoms with E-state index in [0.29, 0.717) is 0 Å². The Bertz CT molecular complexity index is 317. The van der Waals surface area contributed by atoms with E-state index < -0.39 is 23.4 Å². The molecule has 1 N–H and O–H groups in total. The van der Waals surface area contributed by atoms with Crippen LogP contribution in [-0.4, -0.2) is 42.2 Å². The molecular formula is C12H24N2O5. The molecule has 0 aromatic carbocycles. The minimum atomic E-state index is -0.754. The van der Waals surface area contributed by atoms with Crippen LogP contribution in [0, 0.1) is 0 Å². The zero-order chi connectivity index (χ0) is 15.3. The molecule has 7 heteroatoms. The largest absolute Gasteiger partial charge is 0.443 e. The molecule has 0 aliphatic carbocycles. The summed E-state index contributed by atoms with van der Waals surface area (Å²) in [6.45, 7) is 10.2. The van der Waals surface area contributed by atoms with Crippen molar-refractivity contribution in [3.63, 3.8) is 0 Å². The number of hydrazine groups is 1. The van der Waals surface area contributed by atoms with Gasteiger partial charge in [0.15, 0.2) is 0 Å². The number of nitrogens with zero attached hydrogens (tertiary/aromatic N) is 1. The lowest BCUT2D eigenvalue weighted by Crippen LogP contribution is -2.50. The van der Waals surface area contributed by atoms with Gasteiger partial charge in [-0.1, -0.05) is 0 Å². The summed E-state index contributed by atoms with van der Waals surface area (Å²) in [5.41, 5.74) is 0.946. The molecule has 0 unspecified atom stereocenters. The molecule has 0 bridgehead atoms. The van der Waals surface area contributed by atoms with E-state index in [4.69, 9.17) is 14.2 Å². The minimum absolute atomic E-state index is 0.145. The van der Waals surface area contributed by atoms with Crippen molar-refractivity contribution in [2.45, 2.75) is 52.7 Å². The number of ether oxygens (including phenoxy) is 3. The highest BCUT2D eigenvalue weighted by Gasteiger charge is 2.25. The molecule has 0 atom stereocenters. The average molecular weight is 276 g/mol. The Hall–Kier alpha value is -1.50. The van der Waals surface area contributed by atoms with Crippen LogP contribution in [-0.2, 0) is 14.2 Å². The van der Waals surface area contributed by atoms with Gasteiger partial charge >= 0.3 is 12.2 Å². The molecule has 0 aromatic rings. The van der Waals surface area contributed by atoms with E-state index in [9.17, 15) is 9.59 Å². The predicted octanol–water partition coefficient (Wildman–Crippen LogP) is 2.27. The van der Waals surface area contributed by atoms with Crippen LogP contribution in [0.5, 0.6) is 0 Å². The monoisotopic (exact) mass is 276 g/mol. The number of hydrogen-bond donors (Lipinski definition) is 1. The summed E-state index contributed by atoms with van der Waals surface area (Å²) in [7, 11) is 1.40. The number of amides is 2. The highest BCUT2D eigenvalue weighted by molar-refractivity contribution is 5.74. The molecule has 0 saturated carbocycles. The van der Waals surface area contributed by atoms with Gasteiger partial charge < -0.3 is 14.2 Å². The van der Waals surface area contributed by atoms with Gasteiger partial charge in [0.2, 0.25) is 0 Å². The van der Waals surface area contributed by atoms with Gasteiger partial charge in [-0.3, -0.25) is 0 Å². The lowest BCUT2D eigenvalue weighted by Gasteiger charge is -2.28. The van der Waals surface area contributed by atoms with Crippen molar-refractivity contribution in [1.29, 1.82) is 0 Å². The maximum absolute atomic E-state index is 11.8. The van der Waals surface area contributed by atoms with Crippen molar-refractivity contribution >= 4 is 12.2 Å². The number of carbonyl (C=O) groups excluding carboxylic acids is 2. The van der Waals surface area contributed by atoms with E-state index in [-0.39, 0.29) is 6.73 Å². The van der Waals surface area contributed by atoms with Crippen molar-refractivity contribution < 1.29 is 23.8 Å². The first-order valence-corrected chi connectivity index (χ1v) is 5.94. The number of rotatable bonds is 2. The molecule has 0 fully saturated rings. The molecule has 2 amide bonds. The summed E-state index contributed by atoms with van der Waals surface area (Å²) in [6, 6.07) is 0. The van der Waals surface area contributed by atoms with Gasteiger partial charge in [0.25, 0.3) is 0 Å². The van der Waals surface area contributed by atoms with E-state index in [1.807, 2.05) is 0 Å². The van der Waals surface area contributed by atoms with Gasteiger partial charge in [-0.2, -0.15) is 5.01 Å². The van der Waals surface area contributed by atoms with Gasteiger partial charge in [-0.05, 0) is 41.5 Å². The number of nitrogens with one attached hydrogen (secondary N) is 1. The van der Waals surface area contributed by atoms with Gasteiger partial charge in [0.1, 0.15) is 17.9 Å². The molecule has 0 rings (SSSR count). The Labute approximate surface area is 114 Å². The number of methoxy groups -OCH3 is 1. The highest BCUT2D eigenvalue weighted by atomic mass is 16.6. The summed E-state index contributed by atoms with van der Waals surface area (Å²) >= 11 is 0. The maximum Gasteiger partial charge on any atom is 0.431 e. The average Bonchev–Trinajstić information content (AvgIpc) is 2.10. The second-order valence-corrected chi connectivity index (χ2v) is 5.94. The molecule has 7 nitrogen and oxygen atoms in total. The predicted molar refractivity (Wildman–Crippen MR) is 69.3 cm³/mol. The zero-order valence-corrected chi connectivity index (χ0v) is 12.7. The Morgan fingerprint density at radius 2 is 1.47 bits per heavy atom. The summed E-state index contributed by atoms with van der Waals surface area (Å²) in [5, 5.41) is 0.902. The van der Waals surface area contributed by atoms with E-state index in [2.05, 4.69) is 5.43 Å². The highest BCUT2D eigenvalue weighted by Crippen LogP contribution is 2.10. The van der Waals surface area contributed by atoms with Crippen molar-refractivity contribution in [2.24, 2.45) is 0 Å². The standard InChI is InChI=1S/C12H24N2O5/c1-11(2,3)18-9(15)13-14(8-17-7)10(16)19-12(4,5)6/h8H2,1-7H3,(H,13,15). The minimum Gasteiger partial charge on any atom is -0.443 e. The lowest BCUT2D eigenvalue weighted by molar-refractivity contribution is -0.0283. The smallest absolute Gasteiger partial charge is 0.431 e. The van der Waals surface area contributed by atoms with Gasteiger partial charge in [0.05, 0.1) is 0 Å². The number of carbonyl (C=O) groups is 2. The zero-order valence-electron chi connectivity index (χ0n) is 12.7. The number of hydrogen-bond acceptors (Lipinski definition) is 5. The van der Waals surface area contributed by atoms with E-state index in [1.54, 1.807) is 41.5 Å². The van der Waals surface area contributed by atoms with Crippen LogP contribution < -0.4 is 5.43 Å². The molecule has 0 aromatic heterocycles. The fourth-order valence-corrected chi connectivity index (χ4v) is 0.988. The molecule has 0 aliphatic heterocycles. The summed E-state index contributed by atoms with van der Waals surface area (Å²) < 4.78 is 15.0. The molecule has 0 radical (unpaired) electrons. The molecular weight excluding hydrogens is 252 g/mol. The molecule has 0 heterocycles. The Morgan fingerprint density at radius 3 is 1.84 bits per heavy atom. The first-order chi connectivity index (χ1) is 8.44. The first-order valence-electron chi connectivity index (χ1n) is 5.94. The first kappa shape index (κ1) is 17.5. The summed E-state index contributed by atoms with van der Waals surface area (Å²) in [5.74, 6) is 0. The second-order valence-electron chi connectivity index (χ2n) is 5.94. The van der Waals surface area contributed by atoms with Crippen molar-refractivity contribution in [2.75, 3.05) is 13.8 Å². The van der Waals surface area contributed by atoms with Crippen LogP contribution >= 0.6 is 0 Å². The normalized spacial score (nSPS) is 11.7. The van der Waals surface area contributed by atoms with E-state index >= 15 is 0 Å². The third-order valence-electron chi connectivity index (χ3n) is 1.50. The molecule has 112 valence electrons. The lowest BCUT2D eigenvalue weighted by atomic mass is 10.2. The van der Waals surface area contributed by atoms with Gasteiger partial charge in [0, 0.05) is 7.11 Å². The van der Waals surface area contributed by atoms with Crippen molar-refractivity contribution in [1.82, 2.24) is 10.4 Å².